The van der Waals surface area contributed by atoms with Crippen LogP contribution in [-0.4, -0.2) is 45.4 Å². The van der Waals surface area contributed by atoms with Gasteiger partial charge in [0, 0.05) is 6.54 Å². The summed E-state index contributed by atoms with van der Waals surface area (Å²) in [6.07, 6.45) is 5.93. The van der Waals surface area contributed by atoms with E-state index < -0.39 is 0 Å². The van der Waals surface area contributed by atoms with Crippen LogP contribution < -0.4 is 14.2 Å². The highest BCUT2D eigenvalue weighted by Gasteiger charge is 2.11. The minimum absolute atomic E-state index is 0.742. The Morgan fingerprint density at radius 1 is 0.697 bits per heavy atom. The molecule has 0 bridgehead atoms. The van der Waals surface area contributed by atoms with E-state index in [9.17, 15) is 0 Å². The predicted octanol–water partition coefficient (Wildman–Crippen LogP) is 6.02. The molecule has 0 unspecified atom stereocenters. The van der Waals surface area contributed by atoms with Gasteiger partial charge < -0.3 is 14.2 Å². The third-order valence-electron chi connectivity index (χ3n) is 6.45. The molecule has 174 valence electrons. The minimum atomic E-state index is 0.742. The zero-order valence-electron chi connectivity index (χ0n) is 19.9. The molecule has 33 heavy (non-hydrogen) atoms. The second-order valence-electron chi connectivity index (χ2n) is 8.65. The van der Waals surface area contributed by atoms with Crippen molar-refractivity contribution in [2.45, 2.75) is 32.1 Å². The van der Waals surface area contributed by atoms with E-state index in [-0.39, 0.29) is 0 Å². The summed E-state index contributed by atoms with van der Waals surface area (Å²) >= 11 is 0. The lowest BCUT2D eigenvalue weighted by Gasteiger charge is -2.26. The number of rotatable bonds is 10. The average Bonchev–Trinajstić information content (AvgIpc) is 2.89. The van der Waals surface area contributed by atoms with Gasteiger partial charge in [-0.15, -0.1) is 0 Å². The summed E-state index contributed by atoms with van der Waals surface area (Å²) in [6, 6.07) is 23.2. The van der Waals surface area contributed by atoms with Crippen LogP contribution >= 0.6 is 0 Å². The molecule has 0 N–H and O–H groups in total. The van der Waals surface area contributed by atoms with E-state index in [4.69, 9.17) is 14.2 Å². The Kier molecular flexibility index (Phi) is 8.26. The first-order valence-electron chi connectivity index (χ1n) is 12.0. The lowest BCUT2D eigenvalue weighted by molar-refractivity contribution is 0.183. The smallest absolute Gasteiger partial charge is 0.119 e. The first-order chi connectivity index (χ1) is 16.2. The SMILES string of the molecule is COc1ccc(CCc2ccc(OC)cc2-c2ccc(OCCN3CCCCC3)cc2)cc1. The summed E-state index contributed by atoms with van der Waals surface area (Å²) in [5, 5.41) is 0. The van der Waals surface area contributed by atoms with Gasteiger partial charge in [0.2, 0.25) is 0 Å². The molecule has 4 rings (SSSR count). The molecular weight excluding hydrogens is 410 g/mol. The first-order valence-corrected chi connectivity index (χ1v) is 12.0. The van der Waals surface area contributed by atoms with Gasteiger partial charge in [-0.05, 0) is 97.4 Å². The lowest BCUT2D eigenvalue weighted by Crippen LogP contribution is -2.33. The van der Waals surface area contributed by atoms with Gasteiger partial charge in [-0.3, -0.25) is 4.90 Å². The lowest BCUT2D eigenvalue weighted by atomic mass is 9.94. The summed E-state index contributed by atoms with van der Waals surface area (Å²) in [7, 11) is 3.42. The maximum atomic E-state index is 6.02. The Labute approximate surface area is 198 Å². The first kappa shape index (κ1) is 23.2. The minimum Gasteiger partial charge on any atom is -0.497 e. The molecule has 0 aromatic heterocycles. The molecule has 0 spiro atoms. The van der Waals surface area contributed by atoms with E-state index in [1.807, 2.05) is 18.2 Å². The standard InChI is InChI=1S/C29H35NO3/c1-31-26-13-7-23(8-14-26)6-9-24-12-17-28(32-2)22-29(24)25-10-15-27(16-11-25)33-21-20-30-18-4-3-5-19-30/h7-8,10-17,22H,3-6,9,18-21H2,1-2H3. The molecule has 1 saturated heterocycles. The molecule has 3 aromatic rings. The van der Waals surface area contributed by atoms with Gasteiger partial charge >= 0.3 is 0 Å². The molecule has 0 atom stereocenters. The Bertz CT molecular complexity index is 992. The van der Waals surface area contributed by atoms with Gasteiger partial charge in [-0.1, -0.05) is 36.8 Å². The molecule has 4 heteroatoms. The molecule has 0 radical (unpaired) electrons. The molecule has 1 heterocycles. The number of aryl methyl sites for hydroxylation is 2. The predicted molar refractivity (Wildman–Crippen MR) is 135 cm³/mol. The fourth-order valence-corrected chi connectivity index (χ4v) is 4.45. The highest BCUT2D eigenvalue weighted by atomic mass is 16.5. The fraction of sp³-hybridized carbons (Fsp3) is 0.379. The second kappa shape index (κ2) is 11.8. The monoisotopic (exact) mass is 445 g/mol. The normalized spacial score (nSPS) is 14.1. The van der Waals surface area contributed by atoms with Crippen molar-refractivity contribution in [3.8, 4) is 28.4 Å². The van der Waals surface area contributed by atoms with Crippen molar-refractivity contribution >= 4 is 0 Å². The third kappa shape index (κ3) is 6.52. The maximum absolute atomic E-state index is 6.02. The van der Waals surface area contributed by atoms with Crippen LogP contribution in [0.4, 0.5) is 0 Å². The van der Waals surface area contributed by atoms with Crippen LogP contribution in [0.3, 0.4) is 0 Å². The molecule has 0 amide bonds. The Morgan fingerprint density at radius 2 is 1.36 bits per heavy atom. The van der Waals surface area contributed by atoms with Crippen molar-refractivity contribution in [2.24, 2.45) is 0 Å². The van der Waals surface area contributed by atoms with Crippen molar-refractivity contribution in [1.29, 1.82) is 0 Å². The van der Waals surface area contributed by atoms with Crippen LogP contribution in [0.25, 0.3) is 11.1 Å². The van der Waals surface area contributed by atoms with Crippen molar-refractivity contribution in [3.05, 3.63) is 77.9 Å². The molecule has 1 aliphatic heterocycles. The molecule has 1 aliphatic rings. The largest absolute Gasteiger partial charge is 0.497 e. The van der Waals surface area contributed by atoms with Gasteiger partial charge in [0.05, 0.1) is 14.2 Å². The number of methoxy groups -OCH3 is 2. The van der Waals surface area contributed by atoms with Crippen LogP contribution in [-0.2, 0) is 12.8 Å². The third-order valence-corrected chi connectivity index (χ3v) is 6.45. The van der Waals surface area contributed by atoms with Gasteiger partial charge in [-0.25, -0.2) is 0 Å². The Balaban J connectivity index is 1.41. The van der Waals surface area contributed by atoms with Crippen molar-refractivity contribution in [3.63, 3.8) is 0 Å². The fourth-order valence-electron chi connectivity index (χ4n) is 4.45. The number of ether oxygens (including phenoxy) is 3. The maximum Gasteiger partial charge on any atom is 0.119 e. The van der Waals surface area contributed by atoms with E-state index in [0.29, 0.717) is 0 Å². The summed E-state index contributed by atoms with van der Waals surface area (Å²) in [4.78, 5) is 2.50. The molecule has 0 saturated carbocycles. The van der Waals surface area contributed by atoms with E-state index in [1.54, 1.807) is 14.2 Å². The van der Waals surface area contributed by atoms with E-state index >= 15 is 0 Å². The van der Waals surface area contributed by atoms with Crippen molar-refractivity contribution < 1.29 is 14.2 Å². The van der Waals surface area contributed by atoms with Crippen LogP contribution in [0, 0.1) is 0 Å². The Morgan fingerprint density at radius 3 is 2.06 bits per heavy atom. The molecule has 0 aliphatic carbocycles. The van der Waals surface area contributed by atoms with Crippen molar-refractivity contribution in [1.82, 2.24) is 4.90 Å². The van der Waals surface area contributed by atoms with Gasteiger partial charge in [0.25, 0.3) is 0 Å². The quantitative estimate of drug-likeness (QED) is 0.382. The van der Waals surface area contributed by atoms with Crippen molar-refractivity contribution in [2.75, 3.05) is 40.5 Å². The van der Waals surface area contributed by atoms with E-state index in [1.165, 1.54) is 54.6 Å². The molecule has 1 fully saturated rings. The number of likely N-dealkylation sites (tertiary alicyclic amines) is 1. The molecular formula is C29H35NO3. The van der Waals surface area contributed by atoms with Crippen LogP contribution in [0.5, 0.6) is 17.2 Å². The number of nitrogens with zero attached hydrogens (tertiary/aromatic N) is 1. The second-order valence-corrected chi connectivity index (χ2v) is 8.65. The topological polar surface area (TPSA) is 30.9 Å². The van der Waals surface area contributed by atoms with Crippen LogP contribution in [0.1, 0.15) is 30.4 Å². The zero-order chi connectivity index (χ0) is 22.9. The number of piperidine rings is 1. The number of hydrogen-bond donors (Lipinski definition) is 0. The summed E-state index contributed by atoms with van der Waals surface area (Å²) in [6.45, 7) is 4.16. The highest BCUT2D eigenvalue weighted by Crippen LogP contribution is 2.30. The summed E-state index contributed by atoms with van der Waals surface area (Å²) in [5.41, 5.74) is 5.00. The molecule has 4 nitrogen and oxygen atoms in total. The van der Waals surface area contributed by atoms with Crippen LogP contribution in [0.2, 0.25) is 0 Å². The summed E-state index contributed by atoms with van der Waals surface area (Å²) < 4.78 is 16.8. The summed E-state index contributed by atoms with van der Waals surface area (Å²) in [5.74, 6) is 2.70. The average molecular weight is 446 g/mol. The van der Waals surface area contributed by atoms with Gasteiger partial charge in [0.15, 0.2) is 0 Å². The van der Waals surface area contributed by atoms with Crippen LogP contribution in [0.15, 0.2) is 66.7 Å². The zero-order valence-corrected chi connectivity index (χ0v) is 19.9. The van der Waals surface area contributed by atoms with E-state index in [0.717, 1.165) is 43.2 Å². The Hall–Kier alpha value is -2.98. The van der Waals surface area contributed by atoms with Gasteiger partial charge in [0.1, 0.15) is 23.9 Å². The molecule has 3 aromatic carbocycles. The highest BCUT2D eigenvalue weighted by molar-refractivity contribution is 5.69. The number of hydrogen-bond acceptors (Lipinski definition) is 4. The van der Waals surface area contributed by atoms with E-state index in [2.05, 4.69) is 53.4 Å². The van der Waals surface area contributed by atoms with Gasteiger partial charge in [-0.2, -0.15) is 0 Å². The number of benzene rings is 3.